The largest absolute Gasteiger partial charge is 0.368 e. The maximum atomic E-state index is 4.39. The maximum Gasteiger partial charge on any atom is 0.128 e. The Bertz CT molecular complexity index is 289. The maximum absolute atomic E-state index is 4.39. The van der Waals surface area contributed by atoms with Gasteiger partial charge in [-0.25, -0.2) is 0 Å². The van der Waals surface area contributed by atoms with Gasteiger partial charge in [-0.05, 0) is 27.2 Å². The SMILES string of the molecule is CC=NC1=C(NC(C)C)NC=NC1CC. The topological polar surface area (TPSA) is 48.8 Å². The molecule has 1 unspecified atom stereocenters. The molecule has 0 spiro atoms. The molecular weight excluding hydrogens is 188 g/mol. The summed E-state index contributed by atoms with van der Waals surface area (Å²) in [6.07, 6.45) is 4.52. The Hall–Kier alpha value is -1.32. The van der Waals surface area contributed by atoms with Crippen molar-refractivity contribution in [3.05, 3.63) is 11.5 Å². The lowest BCUT2D eigenvalue weighted by Crippen LogP contribution is -2.36. The third kappa shape index (κ3) is 3.08. The van der Waals surface area contributed by atoms with Gasteiger partial charge in [-0.1, -0.05) is 6.92 Å². The molecule has 0 aliphatic carbocycles. The zero-order valence-electron chi connectivity index (χ0n) is 9.91. The number of rotatable bonds is 4. The summed E-state index contributed by atoms with van der Waals surface area (Å²) in [5.41, 5.74) is 0.996. The van der Waals surface area contributed by atoms with Crippen molar-refractivity contribution in [3.8, 4) is 0 Å². The second kappa shape index (κ2) is 5.53. The van der Waals surface area contributed by atoms with Crippen LogP contribution in [0.4, 0.5) is 0 Å². The Morgan fingerprint density at radius 1 is 1.67 bits per heavy atom. The number of aliphatic imine (C=N–C) groups is 2. The van der Waals surface area contributed by atoms with Crippen LogP contribution in [0.3, 0.4) is 0 Å². The molecule has 1 aliphatic heterocycles. The molecule has 0 radical (unpaired) electrons. The standard InChI is InChI=1S/C11H20N4/c1-5-9-10(12-6-2)11(14-7-13-9)15-8(3)4/h6-9,15H,5H2,1-4H3,(H,13,14). The molecule has 84 valence electrons. The summed E-state index contributed by atoms with van der Waals surface area (Å²) >= 11 is 0. The summed E-state index contributed by atoms with van der Waals surface area (Å²) < 4.78 is 0. The molecule has 0 aromatic heterocycles. The van der Waals surface area contributed by atoms with Crippen LogP contribution in [0.1, 0.15) is 34.1 Å². The van der Waals surface area contributed by atoms with E-state index in [9.17, 15) is 0 Å². The zero-order valence-corrected chi connectivity index (χ0v) is 9.91. The van der Waals surface area contributed by atoms with Gasteiger partial charge >= 0.3 is 0 Å². The Kier molecular flexibility index (Phi) is 4.34. The Morgan fingerprint density at radius 2 is 2.40 bits per heavy atom. The van der Waals surface area contributed by atoms with Crippen molar-refractivity contribution in [1.29, 1.82) is 0 Å². The number of nitrogens with one attached hydrogen (secondary N) is 2. The van der Waals surface area contributed by atoms with Crippen molar-refractivity contribution in [2.45, 2.75) is 46.2 Å². The van der Waals surface area contributed by atoms with E-state index in [1.54, 1.807) is 6.34 Å². The first-order valence-corrected chi connectivity index (χ1v) is 5.46. The van der Waals surface area contributed by atoms with E-state index in [1.165, 1.54) is 0 Å². The van der Waals surface area contributed by atoms with E-state index in [0.29, 0.717) is 6.04 Å². The molecule has 0 aromatic rings. The first-order valence-electron chi connectivity index (χ1n) is 5.46. The summed E-state index contributed by atoms with van der Waals surface area (Å²) in [5, 5.41) is 6.46. The third-order valence-corrected chi connectivity index (χ3v) is 2.12. The van der Waals surface area contributed by atoms with Crippen LogP contribution in [-0.4, -0.2) is 24.6 Å². The van der Waals surface area contributed by atoms with Crippen LogP contribution in [0.15, 0.2) is 21.5 Å². The van der Waals surface area contributed by atoms with Gasteiger partial charge in [0, 0.05) is 12.3 Å². The van der Waals surface area contributed by atoms with Crippen molar-refractivity contribution in [3.63, 3.8) is 0 Å². The molecule has 0 saturated carbocycles. The van der Waals surface area contributed by atoms with Gasteiger partial charge in [-0.2, -0.15) is 0 Å². The van der Waals surface area contributed by atoms with Gasteiger partial charge in [0.2, 0.25) is 0 Å². The van der Waals surface area contributed by atoms with Crippen LogP contribution in [0.2, 0.25) is 0 Å². The highest BCUT2D eigenvalue weighted by Gasteiger charge is 2.18. The quantitative estimate of drug-likeness (QED) is 0.690. The molecule has 1 heterocycles. The smallest absolute Gasteiger partial charge is 0.128 e. The molecule has 4 nitrogen and oxygen atoms in total. The summed E-state index contributed by atoms with van der Waals surface area (Å²) in [7, 11) is 0. The second-order valence-electron chi connectivity index (χ2n) is 3.79. The number of nitrogens with zero attached hydrogens (tertiary/aromatic N) is 2. The Labute approximate surface area is 91.6 Å². The lowest BCUT2D eigenvalue weighted by atomic mass is 10.1. The lowest BCUT2D eigenvalue weighted by molar-refractivity contribution is 0.605. The Balaban J connectivity index is 2.91. The van der Waals surface area contributed by atoms with Crippen LogP contribution in [0, 0.1) is 0 Å². The van der Waals surface area contributed by atoms with Gasteiger partial charge in [0.05, 0.1) is 12.4 Å². The fraction of sp³-hybridized carbons (Fsp3) is 0.636. The van der Waals surface area contributed by atoms with E-state index < -0.39 is 0 Å². The van der Waals surface area contributed by atoms with Crippen LogP contribution < -0.4 is 10.6 Å². The summed E-state index contributed by atoms with van der Waals surface area (Å²) in [6, 6.07) is 0.558. The molecule has 0 fully saturated rings. The minimum absolute atomic E-state index is 0.170. The lowest BCUT2D eigenvalue weighted by Gasteiger charge is -2.23. The minimum atomic E-state index is 0.170. The average molecular weight is 208 g/mol. The van der Waals surface area contributed by atoms with E-state index in [1.807, 2.05) is 13.1 Å². The third-order valence-electron chi connectivity index (χ3n) is 2.12. The van der Waals surface area contributed by atoms with Crippen molar-refractivity contribution in [1.82, 2.24) is 10.6 Å². The van der Waals surface area contributed by atoms with Crippen molar-refractivity contribution < 1.29 is 0 Å². The monoisotopic (exact) mass is 208 g/mol. The summed E-state index contributed by atoms with van der Waals surface area (Å²) in [5.74, 6) is 0.977. The second-order valence-corrected chi connectivity index (χ2v) is 3.79. The molecular formula is C11H20N4. The van der Waals surface area contributed by atoms with Crippen molar-refractivity contribution in [2.24, 2.45) is 9.98 Å². The van der Waals surface area contributed by atoms with Crippen LogP contribution in [0.5, 0.6) is 0 Å². The Morgan fingerprint density at radius 3 is 2.93 bits per heavy atom. The fourth-order valence-corrected chi connectivity index (χ4v) is 1.50. The molecule has 0 aromatic carbocycles. The molecule has 1 rings (SSSR count). The van der Waals surface area contributed by atoms with E-state index in [-0.39, 0.29) is 6.04 Å². The molecule has 1 atom stereocenters. The molecule has 2 N–H and O–H groups in total. The van der Waals surface area contributed by atoms with Gasteiger partial charge in [-0.3, -0.25) is 9.98 Å². The first-order chi connectivity index (χ1) is 7.19. The van der Waals surface area contributed by atoms with E-state index in [4.69, 9.17) is 0 Å². The van der Waals surface area contributed by atoms with E-state index in [0.717, 1.165) is 17.9 Å². The van der Waals surface area contributed by atoms with Crippen LogP contribution >= 0.6 is 0 Å². The van der Waals surface area contributed by atoms with Crippen LogP contribution in [0.25, 0.3) is 0 Å². The van der Waals surface area contributed by atoms with Gasteiger partial charge in [-0.15, -0.1) is 0 Å². The van der Waals surface area contributed by atoms with Gasteiger partial charge in [0.1, 0.15) is 11.5 Å². The first kappa shape index (κ1) is 11.8. The van der Waals surface area contributed by atoms with E-state index in [2.05, 4.69) is 41.4 Å². The summed E-state index contributed by atoms with van der Waals surface area (Å²) in [4.78, 5) is 8.74. The molecule has 0 saturated heterocycles. The fourth-order valence-electron chi connectivity index (χ4n) is 1.50. The average Bonchev–Trinajstić information content (AvgIpc) is 2.20. The normalized spacial score (nSPS) is 21.3. The number of hydrogen-bond acceptors (Lipinski definition) is 4. The van der Waals surface area contributed by atoms with Crippen LogP contribution in [-0.2, 0) is 0 Å². The van der Waals surface area contributed by atoms with Gasteiger partial charge in [0.15, 0.2) is 0 Å². The highest BCUT2D eigenvalue weighted by atomic mass is 15.2. The number of hydrogen-bond donors (Lipinski definition) is 2. The highest BCUT2D eigenvalue weighted by molar-refractivity contribution is 5.63. The van der Waals surface area contributed by atoms with Crippen molar-refractivity contribution in [2.75, 3.05) is 0 Å². The minimum Gasteiger partial charge on any atom is -0.368 e. The summed E-state index contributed by atoms with van der Waals surface area (Å²) in [6.45, 7) is 8.25. The van der Waals surface area contributed by atoms with Crippen molar-refractivity contribution >= 4 is 12.6 Å². The molecule has 0 amide bonds. The van der Waals surface area contributed by atoms with Gasteiger partial charge < -0.3 is 10.6 Å². The molecule has 4 heteroatoms. The zero-order chi connectivity index (χ0) is 11.3. The van der Waals surface area contributed by atoms with Gasteiger partial charge in [0.25, 0.3) is 0 Å². The molecule has 1 aliphatic rings. The molecule has 15 heavy (non-hydrogen) atoms. The highest BCUT2D eigenvalue weighted by Crippen LogP contribution is 2.16. The predicted octanol–water partition coefficient (Wildman–Crippen LogP) is 1.65. The molecule has 0 bridgehead atoms. The predicted molar refractivity (Wildman–Crippen MR) is 65.2 cm³/mol. The van der Waals surface area contributed by atoms with E-state index >= 15 is 0 Å².